The lowest BCUT2D eigenvalue weighted by Crippen LogP contribution is -2.17. The molecule has 1 aromatic heterocycles. The van der Waals surface area contributed by atoms with E-state index < -0.39 is 47.3 Å². The first-order valence-electron chi connectivity index (χ1n) is 8.88. The van der Waals surface area contributed by atoms with Crippen molar-refractivity contribution in [2.24, 2.45) is 5.10 Å². The normalized spacial score (nSPS) is 10.9. The van der Waals surface area contributed by atoms with E-state index in [1.54, 1.807) is 18.2 Å². The molecule has 0 spiro atoms. The zero-order valence-corrected chi connectivity index (χ0v) is 16.3. The van der Waals surface area contributed by atoms with Crippen molar-refractivity contribution >= 4 is 12.1 Å². The minimum absolute atomic E-state index is 0.221. The Balaban J connectivity index is 1.77. The maximum atomic E-state index is 13.8. The van der Waals surface area contributed by atoms with Crippen molar-refractivity contribution < 1.29 is 36.2 Å². The van der Waals surface area contributed by atoms with Crippen molar-refractivity contribution in [3.05, 3.63) is 88.5 Å². The summed E-state index contributed by atoms with van der Waals surface area (Å²) >= 11 is 0. The molecule has 0 bridgehead atoms. The van der Waals surface area contributed by atoms with Gasteiger partial charge in [0.1, 0.15) is 12.4 Å². The first-order chi connectivity index (χ1) is 15.3. The van der Waals surface area contributed by atoms with Gasteiger partial charge in [0, 0.05) is 18.0 Å². The fraction of sp³-hybridized carbons (Fsp3) is 0.0952. The van der Waals surface area contributed by atoms with Gasteiger partial charge in [-0.15, -0.1) is 0 Å². The van der Waals surface area contributed by atoms with E-state index in [-0.39, 0.29) is 16.9 Å². The van der Waals surface area contributed by atoms with Gasteiger partial charge in [-0.1, -0.05) is 0 Å². The minimum atomic E-state index is -2.28. The highest BCUT2D eigenvalue weighted by Gasteiger charge is 2.27. The Kier molecular flexibility index (Phi) is 6.98. The van der Waals surface area contributed by atoms with Gasteiger partial charge >= 0.3 is 0 Å². The monoisotopic (exact) mass is 451 g/mol. The number of nitrogens with one attached hydrogen (secondary N) is 1. The second-order valence-corrected chi connectivity index (χ2v) is 6.20. The number of halogens is 5. The summed E-state index contributed by atoms with van der Waals surface area (Å²) in [4.78, 5) is 15.8. The number of pyridine rings is 1. The lowest BCUT2D eigenvalue weighted by atomic mass is 10.1. The fourth-order valence-corrected chi connectivity index (χ4v) is 2.58. The summed E-state index contributed by atoms with van der Waals surface area (Å²) in [6.07, 6.45) is 4.14. The molecule has 1 N–H and O–H groups in total. The quantitative estimate of drug-likeness (QED) is 0.193. The molecule has 0 saturated heterocycles. The molecule has 0 aliphatic rings. The second-order valence-electron chi connectivity index (χ2n) is 6.20. The van der Waals surface area contributed by atoms with Crippen molar-refractivity contribution in [3.8, 4) is 11.5 Å². The molecular formula is C21H14F5N3O3. The number of carbonyl (C=O) groups is 1. The summed E-state index contributed by atoms with van der Waals surface area (Å²) in [6, 6.07) is 7.59. The van der Waals surface area contributed by atoms with E-state index in [9.17, 15) is 26.7 Å². The van der Waals surface area contributed by atoms with E-state index >= 15 is 0 Å². The van der Waals surface area contributed by atoms with Gasteiger partial charge in [-0.05, 0) is 35.9 Å². The van der Waals surface area contributed by atoms with Crippen LogP contribution in [-0.2, 0) is 6.61 Å². The van der Waals surface area contributed by atoms with E-state index in [1.165, 1.54) is 37.9 Å². The largest absolute Gasteiger partial charge is 0.496 e. The van der Waals surface area contributed by atoms with Crippen molar-refractivity contribution in [2.75, 3.05) is 7.11 Å². The number of nitrogens with zero attached hydrogens (tertiary/aromatic N) is 2. The lowest BCUT2D eigenvalue weighted by Gasteiger charge is -2.13. The van der Waals surface area contributed by atoms with Gasteiger partial charge < -0.3 is 9.47 Å². The summed E-state index contributed by atoms with van der Waals surface area (Å²) in [7, 11) is 1.32. The maximum Gasteiger partial charge on any atom is 0.272 e. The molecule has 11 heteroatoms. The summed E-state index contributed by atoms with van der Waals surface area (Å²) in [5.41, 5.74) is 3.23. The number of aromatic nitrogens is 1. The zero-order valence-electron chi connectivity index (χ0n) is 16.3. The molecule has 6 nitrogen and oxygen atoms in total. The first kappa shape index (κ1) is 22.7. The van der Waals surface area contributed by atoms with Gasteiger partial charge in [-0.25, -0.2) is 18.6 Å². The Bertz CT molecular complexity index is 1140. The molecule has 0 aliphatic carbocycles. The molecule has 3 aromatic rings. The number of ether oxygens (including phenoxy) is 2. The average Bonchev–Trinajstić information content (AvgIpc) is 2.82. The summed E-state index contributed by atoms with van der Waals surface area (Å²) in [5, 5.41) is 3.80. The highest BCUT2D eigenvalue weighted by Crippen LogP contribution is 2.30. The Morgan fingerprint density at radius 2 is 1.75 bits per heavy atom. The predicted octanol–water partition coefficient (Wildman–Crippen LogP) is 4.13. The number of rotatable bonds is 7. The molecule has 0 saturated carbocycles. The van der Waals surface area contributed by atoms with Crippen LogP contribution in [0.15, 0.2) is 47.8 Å². The van der Waals surface area contributed by atoms with Crippen LogP contribution in [0.3, 0.4) is 0 Å². The number of hydrogen-bond donors (Lipinski definition) is 1. The van der Waals surface area contributed by atoms with Crippen molar-refractivity contribution in [2.45, 2.75) is 6.61 Å². The van der Waals surface area contributed by atoms with Gasteiger partial charge in [0.15, 0.2) is 5.75 Å². The van der Waals surface area contributed by atoms with Crippen LogP contribution in [0.4, 0.5) is 22.0 Å². The average molecular weight is 451 g/mol. The Hall–Kier alpha value is -4.02. The zero-order chi connectivity index (χ0) is 23.3. The standard InChI is InChI=1S/C21H14F5N3O3/c1-31-14-5-4-11(8-28-29-21(30)12-3-2-6-27-9-12)7-13(14)10-32-20-18(25)16(23)15(22)17(24)19(20)26/h2-9H,10H2,1H3,(H,29,30)/b28-8+. The molecule has 3 rings (SSSR count). The van der Waals surface area contributed by atoms with Gasteiger partial charge in [-0.3, -0.25) is 9.78 Å². The molecule has 1 heterocycles. The third kappa shape index (κ3) is 4.82. The molecule has 32 heavy (non-hydrogen) atoms. The topological polar surface area (TPSA) is 72.8 Å². The second kappa shape index (κ2) is 9.86. The first-order valence-corrected chi connectivity index (χ1v) is 8.88. The molecular weight excluding hydrogens is 437 g/mol. The molecule has 0 atom stereocenters. The van der Waals surface area contributed by atoms with E-state index in [0.29, 0.717) is 5.56 Å². The molecule has 2 aromatic carbocycles. The van der Waals surface area contributed by atoms with Crippen molar-refractivity contribution in [3.63, 3.8) is 0 Å². The number of carbonyl (C=O) groups excluding carboxylic acids is 1. The minimum Gasteiger partial charge on any atom is -0.496 e. The van der Waals surface area contributed by atoms with Crippen LogP contribution in [0.2, 0.25) is 0 Å². The van der Waals surface area contributed by atoms with Gasteiger partial charge in [-0.2, -0.15) is 13.9 Å². The van der Waals surface area contributed by atoms with Gasteiger partial charge in [0.25, 0.3) is 5.91 Å². The highest BCUT2D eigenvalue weighted by molar-refractivity contribution is 5.94. The third-order valence-electron chi connectivity index (χ3n) is 4.15. The third-order valence-corrected chi connectivity index (χ3v) is 4.15. The molecule has 0 radical (unpaired) electrons. The van der Waals surface area contributed by atoms with Crippen LogP contribution in [0.1, 0.15) is 21.5 Å². The van der Waals surface area contributed by atoms with Gasteiger partial charge in [0.05, 0.1) is 18.9 Å². The van der Waals surface area contributed by atoms with Crippen LogP contribution in [0.5, 0.6) is 11.5 Å². The van der Waals surface area contributed by atoms with Gasteiger partial charge in [0.2, 0.25) is 29.1 Å². The van der Waals surface area contributed by atoms with Crippen LogP contribution >= 0.6 is 0 Å². The lowest BCUT2D eigenvalue weighted by molar-refractivity contribution is 0.0954. The van der Waals surface area contributed by atoms with Crippen molar-refractivity contribution in [1.82, 2.24) is 10.4 Å². The van der Waals surface area contributed by atoms with E-state index in [2.05, 4.69) is 15.5 Å². The summed E-state index contributed by atoms with van der Waals surface area (Å²) in [6.45, 7) is -0.578. The summed E-state index contributed by atoms with van der Waals surface area (Å²) < 4.78 is 77.5. The predicted molar refractivity (Wildman–Crippen MR) is 103 cm³/mol. The molecule has 0 fully saturated rings. The number of methoxy groups -OCH3 is 1. The molecule has 1 amide bonds. The highest BCUT2D eigenvalue weighted by atomic mass is 19.2. The van der Waals surface area contributed by atoms with Crippen LogP contribution in [0, 0.1) is 29.1 Å². The number of hydrogen-bond acceptors (Lipinski definition) is 5. The van der Waals surface area contributed by atoms with Crippen molar-refractivity contribution in [1.29, 1.82) is 0 Å². The fourth-order valence-electron chi connectivity index (χ4n) is 2.58. The van der Waals surface area contributed by atoms with E-state index in [0.717, 1.165) is 0 Å². The Morgan fingerprint density at radius 1 is 1.06 bits per heavy atom. The maximum absolute atomic E-state index is 13.8. The Labute approximate surface area is 178 Å². The van der Waals surface area contributed by atoms with Crippen LogP contribution < -0.4 is 14.9 Å². The number of benzene rings is 2. The van der Waals surface area contributed by atoms with E-state index in [4.69, 9.17) is 9.47 Å². The van der Waals surface area contributed by atoms with E-state index in [1.807, 2.05) is 0 Å². The number of hydrazone groups is 1. The SMILES string of the molecule is COc1ccc(/C=N/NC(=O)c2cccnc2)cc1COc1c(F)c(F)c(F)c(F)c1F. The number of amides is 1. The molecule has 166 valence electrons. The van der Waals surface area contributed by atoms with Crippen LogP contribution in [0.25, 0.3) is 0 Å². The molecule has 0 aliphatic heterocycles. The Morgan fingerprint density at radius 3 is 2.38 bits per heavy atom. The van der Waals surface area contributed by atoms with Crippen LogP contribution in [-0.4, -0.2) is 24.2 Å². The smallest absolute Gasteiger partial charge is 0.272 e. The summed E-state index contributed by atoms with van der Waals surface area (Å²) in [5.74, 6) is -12.4. The molecule has 0 unspecified atom stereocenters.